The summed E-state index contributed by atoms with van der Waals surface area (Å²) in [6.45, 7) is 12.9. The summed E-state index contributed by atoms with van der Waals surface area (Å²) < 4.78 is 0. The maximum Gasteiger partial charge on any atom is 0.245 e. The van der Waals surface area contributed by atoms with Crippen LogP contribution in [-0.2, 0) is 29.0 Å². The van der Waals surface area contributed by atoms with Crippen molar-refractivity contribution in [2.45, 2.75) is 96.8 Å². The molecule has 2 aliphatic heterocycles. The quantitative estimate of drug-likeness (QED) is 0.354. The van der Waals surface area contributed by atoms with Gasteiger partial charge in [-0.2, -0.15) is 0 Å². The van der Waals surface area contributed by atoms with E-state index < -0.39 is 6.04 Å². The third-order valence-electron chi connectivity index (χ3n) is 10.2. The lowest BCUT2D eigenvalue weighted by Crippen LogP contribution is -2.59. The summed E-state index contributed by atoms with van der Waals surface area (Å²) in [5.74, 6) is 0.661. The molecule has 7 nitrogen and oxygen atoms in total. The number of carbonyl (C=O) groups excluding carboxylic acids is 2. The Morgan fingerprint density at radius 3 is 2.16 bits per heavy atom. The second kappa shape index (κ2) is 18.0. The predicted molar refractivity (Wildman–Crippen MR) is 186 cm³/mol. The molecule has 1 saturated carbocycles. The maximum atomic E-state index is 13.9. The van der Waals surface area contributed by atoms with Gasteiger partial charge in [0.05, 0.1) is 6.04 Å². The number of hydrogen-bond acceptors (Lipinski definition) is 5. The fourth-order valence-electron chi connectivity index (χ4n) is 6.85. The van der Waals surface area contributed by atoms with E-state index >= 15 is 0 Å². The second-order valence-electron chi connectivity index (χ2n) is 13.1. The number of carbonyl (C=O) groups is 2. The molecule has 0 spiro atoms. The minimum atomic E-state index is -0.608. The van der Waals surface area contributed by atoms with Crippen molar-refractivity contribution in [1.29, 1.82) is 0 Å². The van der Waals surface area contributed by atoms with Crippen LogP contribution in [0.15, 0.2) is 48.5 Å². The number of rotatable bonds is 9. The summed E-state index contributed by atoms with van der Waals surface area (Å²) in [6, 6.07) is 15.4. The van der Waals surface area contributed by atoms with Gasteiger partial charge in [-0.15, -0.1) is 0 Å². The lowest BCUT2D eigenvalue weighted by Gasteiger charge is -2.41. The van der Waals surface area contributed by atoms with Crippen LogP contribution in [0.25, 0.3) is 0 Å². The van der Waals surface area contributed by atoms with E-state index in [1.807, 2.05) is 41.3 Å². The molecule has 8 heteroatoms. The zero-order valence-corrected chi connectivity index (χ0v) is 28.8. The number of fused-ring (bicyclic) bond motifs is 1. The molecule has 45 heavy (non-hydrogen) atoms. The molecule has 1 saturated heterocycles. The summed E-state index contributed by atoms with van der Waals surface area (Å²) in [7, 11) is 2.11. The van der Waals surface area contributed by atoms with Crippen LogP contribution in [0.3, 0.4) is 0 Å². The van der Waals surface area contributed by atoms with E-state index in [9.17, 15) is 9.59 Å². The molecule has 2 amide bonds. The van der Waals surface area contributed by atoms with Crippen molar-refractivity contribution >= 4 is 23.4 Å². The summed E-state index contributed by atoms with van der Waals surface area (Å²) in [5, 5.41) is 7.16. The molecule has 3 atom stereocenters. The largest absolute Gasteiger partial charge is 0.343 e. The van der Waals surface area contributed by atoms with E-state index in [2.05, 4.69) is 60.4 Å². The zero-order valence-electron chi connectivity index (χ0n) is 28.1. The zero-order chi connectivity index (χ0) is 32.2. The first-order valence-electron chi connectivity index (χ1n) is 17.3. The SMILES string of the molecule is CC(C1CCCCCC1)N1CCN(C(=O)C(Cc2ccc(Cl)cc2)NC(=O)C2Cc3ccccc3CN2)CC1.CCN(C)CC. The number of hydrogen-bond donors (Lipinski definition) is 2. The average Bonchev–Trinajstić information content (AvgIpc) is 3.38. The normalized spacial score (nSPS) is 20.8. The van der Waals surface area contributed by atoms with Crippen molar-refractivity contribution in [3.8, 4) is 0 Å². The minimum absolute atomic E-state index is 0.0104. The molecule has 3 unspecified atom stereocenters. The first-order chi connectivity index (χ1) is 21.8. The monoisotopic (exact) mass is 637 g/mol. The lowest BCUT2D eigenvalue weighted by molar-refractivity contribution is -0.138. The number of benzene rings is 2. The second-order valence-corrected chi connectivity index (χ2v) is 13.6. The van der Waals surface area contributed by atoms with Gasteiger partial charge in [-0.25, -0.2) is 0 Å². The number of amides is 2. The molecule has 2 N–H and O–H groups in total. The first-order valence-corrected chi connectivity index (χ1v) is 17.7. The lowest BCUT2D eigenvalue weighted by atomic mass is 9.91. The van der Waals surface area contributed by atoms with E-state index in [0.717, 1.165) is 37.7 Å². The van der Waals surface area contributed by atoms with Gasteiger partial charge in [0.15, 0.2) is 0 Å². The molecule has 3 aliphatic rings. The van der Waals surface area contributed by atoms with Crippen molar-refractivity contribution in [1.82, 2.24) is 25.3 Å². The highest BCUT2D eigenvalue weighted by Crippen LogP contribution is 2.28. The molecule has 5 rings (SSSR count). The van der Waals surface area contributed by atoms with Crippen LogP contribution in [-0.4, -0.2) is 91.0 Å². The molecule has 0 bridgehead atoms. The molecule has 1 aliphatic carbocycles. The number of halogens is 1. The van der Waals surface area contributed by atoms with Gasteiger partial charge in [-0.1, -0.05) is 87.5 Å². The van der Waals surface area contributed by atoms with Gasteiger partial charge in [-0.05, 0) is 81.1 Å². The summed E-state index contributed by atoms with van der Waals surface area (Å²) in [5.41, 5.74) is 3.41. The van der Waals surface area contributed by atoms with Gasteiger partial charge in [0, 0.05) is 50.2 Å². The maximum absolute atomic E-state index is 13.9. The highest BCUT2D eigenvalue weighted by molar-refractivity contribution is 6.30. The van der Waals surface area contributed by atoms with E-state index in [1.165, 1.54) is 49.7 Å². The van der Waals surface area contributed by atoms with E-state index in [4.69, 9.17) is 11.6 Å². The first kappa shape index (κ1) is 35.4. The smallest absolute Gasteiger partial charge is 0.245 e. The Morgan fingerprint density at radius 1 is 0.933 bits per heavy atom. The third kappa shape index (κ3) is 10.5. The Balaban J connectivity index is 0.000000700. The Bertz CT molecular complexity index is 1190. The van der Waals surface area contributed by atoms with Crippen LogP contribution in [0, 0.1) is 5.92 Å². The molecular formula is C37H56ClN5O2. The van der Waals surface area contributed by atoms with Crippen molar-refractivity contribution in [2.24, 2.45) is 5.92 Å². The van der Waals surface area contributed by atoms with Gasteiger partial charge in [0.25, 0.3) is 0 Å². The standard InChI is InChI=1S/C32H43ClN4O2.C5H13N/c1-23(25-8-4-2-3-5-9-25)36-16-18-37(19-17-36)32(39)30(20-24-12-14-28(33)15-13-24)35-31(38)29-21-26-10-6-7-11-27(26)22-34-29;1-4-6(3)5-2/h6-7,10-15,23,25,29-30,34H,2-5,8-9,16-22H2,1H3,(H,35,38);4-5H2,1-3H3. The fraction of sp³-hybridized carbons (Fsp3) is 0.622. The van der Waals surface area contributed by atoms with Crippen molar-refractivity contribution in [2.75, 3.05) is 46.3 Å². The van der Waals surface area contributed by atoms with Crippen LogP contribution in [0.5, 0.6) is 0 Å². The van der Waals surface area contributed by atoms with Crippen molar-refractivity contribution in [3.63, 3.8) is 0 Å². The van der Waals surface area contributed by atoms with Crippen LogP contribution in [0.2, 0.25) is 5.02 Å². The van der Waals surface area contributed by atoms with Gasteiger partial charge in [0.1, 0.15) is 6.04 Å². The number of piperazine rings is 1. The van der Waals surface area contributed by atoms with Gasteiger partial charge in [-0.3, -0.25) is 14.5 Å². The molecule has 0 radical (unpaired) electrons. The van der Waals surface area contributed by atoms with E-state index in [-0.39, 0.29) is 17.9 Å². The average molecular weight is 638 g/mol. The van der Waals surface area contributed by atoms with Crippen LogP contribution < -0.4 is 10.6 Å². The molecule has 248 valence electrons. The Hall–Kier alpha value is -2.45. The minimum Gasteiger partial charge on any atom is -0.343 e. The van der Waals surface area contributed by atoms with Gasteiger partial charge >= 0.3 is 0 Å². The molecular weight excluding hydrogens is 582 g/mol. The van der Waals surface area contributed by atoms with Gasteiger partial charge < -0.3 is 20.4 Å². The van der Waals surface area contributed by atoms with Crippen LogP contribution >= 0.6 is 11.6 Å². The molecule has 2 fully saturated rings. The molecule has 2 aromatic rings. The summed E-state index contributed by atoms with van der Waals surface area (Å²) >= 11 is 6.11. The van der Waals surface area contributed by atoms with Gasteiger partial charge in [0.2, 0.25) is 11.8 Å². The number of nitrogens with one attached hydrogen (secondary N) is 2. The highest BCUT2D eigenvalue weighted by Gasteiger charge is 2.34. The topological polar surface area (TPSA) is 67.9 Å². The van der Waals surface area contributed by atoms with Crippen LogP contribution in [0.1, 0.15) is 76.0 Å². The third-order valence-corrected chi connectivity index (χ3v) is 10.5. The molecule has 2 heterocycles. The Kier molecular flexibility index (Phi) is 14.2. The summed E-state index contributed by atoms with van der Waals surface area (Å²) in [4.78, 5) is 34.1. The highest BCUT2D eigenvalue weighted by atomic mass is 35.5. The van der Waals surface area contributed by atoms with Crippen molar-refractivity contribution in [3.05, 3.63) is 70.2 Å². The van der Waals surface area contributed by atoms with Crippen molar-refractivity contribution < 1.29 is 9.59 Å². The Morgan fingerprint density at radius 2 is 1.56 bits per heavy atom. The molecule has 2 aromatic carbocycles. The summed E-state index contributed by atoms with van der Waals surface area (Å²) in [6.07, 6.45) is 9.17. The van der Waals surface area contributed by atoms with E-state index in [0.29, 0.717) is 43.5 Å². The number of nitrogens with zero attached hydrogens (tertiary/aromatic N) is 3. The van der Waals surface area contributed by atoms with Crippen LogP contribution in [0.4, 0.5) is 0 Å². The molecule has 0 aromatic heterocycles. The fourth-order valence-corrected chi connectivity index (χ4v) is 6.98. The Labute approximate surface area is 277 Å². The van der Waals surface area contributed by atoms with E-state index in [1.54, 1.807) is 0 Å². The predicted octanol–water partition coefficient (Wildman–Crippen LogP) is 5.54.